The third-order valence-electron chi connectivity index (χ3n) is 3.71. The normalized spacial score (nSPS) is 11.7. The number of hydrogen-bond donors (Lipinski definition) is 0. The van der Waals surface area contributed by atoms with E-state index in [9.17, 15) is 13.2 Å². The number of ether oxygens (including phenoxy) is 2. The summed E-state index contributed by atoms with van der Waals surface area (Å²) in [5.74, 6) is 1.51. The minimum absolute atomic E-state index is 0.135. The van der Waals surface area contributed by atoms with Gasteiger partial charge in [0.25, 0.3) is 0 Å². The van der Waals surface area contributed by atoms with E-state index in [1.165, 1.54) is 24.1 Å². The van der Waals surface area contributed by atoms with Crippen molar-refractivity contribution in [3.63, 3.8) is 0 Å². The minimum atomic E-state index is -4.37. The first-order valence-electron chi connectivity index (χ1n) is 7.66. The molecule has 3 rings (SSSR count). The molecule has 9 heteroatoms. The van der Waals surface area contributed by atoms with Crippen molar-refractivity contribution in [3.05, 3.63) is 48.0 Å². The largest absolute Gasteiger partial charge is 0.496 e. The highest BCUT2D eigenvalue weighted by Gasteiger charge is 2.28. The summed E-state index contributed by atoms with van der Waals surface area (Å²) in [6.45, 7) is 0.618. The number of aromatic nitrogens is 3. The van der Waals surface area contributed by atoms with Crippen molar-refractivity contribution in [2.75, 3.05) is 13.7 Å². The number of alkyl halides is 3. The zero-order chi connectivity index (χ0) is 18.7. The molecule has 3 aromatic rings. The van der Waals surface area contributed by atoms with Gasteiger partial charge in [-0.05, 0) is 37.1 Å². The Labute approximate surface area is 152 Å². The van der Waals surface area contributed by atoms with E-state index in [1.54, 1.807) is 31.8 Å². The molecule has 0 spiro atoms. The van der Waals surface area contributed by atoms with E-state index in [1.807, 2.05) is 10.9 Å². The van der Waals surface area contributed by atoms with Crippen molar-refractivity contribution in [1.29, 1.82) is 0 Å². The summed E-state index contributed by atoms with van der Waals surface area (Å²) < 4.78 is 48.6. The molecule has 0 atom stereocenters. The number of fused-ring (bicyclic) bond motifs is 1. The van der Waals surface area contributed by atoms with E-state index in [0.29, 0.717) is 11.3 Å². The number of benzene rings is 1. The summed E-state index contributed by atoms with van der Waals surface area (Å²) in [6, 6.07) is 6.49. The molecule has 138 valence electrons. The van der Waals surface area contributed by atoms with Crippen LogP contribution in [0.5, 0.6) is 11.5 Å². The van der Waals surface area contributed by atoms with E-state index < -0.39 is 12.8 Å². The van der Waals surface area contributed by atoms with E-state index in [-0.39, 0.29) is 5.75 Å². The molecule has 2 aromatic heterocycles. The summed E-state index contributed by atoms with van der Waals surface area (Å²) in [6.07, 6.45) is -1.05. The van der Waals surface area contributed by atoms with Gasteiger partial charge in [-0.2, -0.15) is 13.2 Å². The van der Waals surface area contributed by atoms with Crippen molar-refractivity contribution in [3.8, 4) is 11.5 Å². The quantitative estimate of drug-likeness (QED) is 0.632. The van der Waals surface area contributed by atoms with Crippen molar-refractivity contribution in [2.45, 2.75) is 18.9 Å². The van der Waals surface area contributed by atoms with Crippen LogP contribution >= 0.6 is 11.9 Å². The van der Waals surface area contributed by atoms with Gasteiger partial charge in [0.1, 0.15) is 17.8 Å². The van der Waals surface area contributed by atoms with E-state index >= 15 is 0 Å². The van der Waals surface area contributed by atoms with Gasteiger partial charge in [-0.1, -0.05) is 0 Å². The molecule has 0 bridgehead atoms. The number of hydrogen-bond acceptors (Lipinski definition) is 5. The van der Waals surface area contributed by atoms with E-state index in [4.69, 9.17) is 9.47 Å². The maximum atomic E-state index is 12.2. The third-order valence-corrected chi connectivity index (χ3v) is 4.68. The van der Waals surface area contributed by atoms with Crippen LogP contribution in [0.3, 0.4) is 0 Å². The fraction of sp³-hybridized carbons (Fsp3) is 0.294. The van der Waals surface area contributed by atoms with Gasteiger partial charge in [0, 0.05) is 17.8 Å². The average Bonchev–Trinajstić information content (AvgIpc) is 3.01. The second-order valence-electron chi connectivity index (χ2n) is 5.48. The number of halogens is 3. The number of pyridine rings is 1. The van der Waals surface area contributed by atoms with Gasteiger partial charge in [-0.15, -0.1) is 0 Å². The standard InChI is InChI=1S/C17H16F3N3O2S/c1-11-14(21-6-5-16(11)24-2)8-26-23-10-22-13-7-12(3-4-15(13)23)25-9-17(18,19)20/h3-7,10H,8-9H2,1-2H3. The molecule has 0 saturated carbocycles. The van der Waals surface area contributed by atoms with Gasteiger partial charge in [0.05, 0.1) is 29.6 Å². The smallest absolute Gasteiger partial charge is 0.422 e. The van der Waals surface area contributed by atoms with Gasteiger partial charge in [0.2, 0.25) is 0 Å². The van der Waals surface area contributed by atoms with Crippen LogP contribution in [-0.2, 0) is 5.75 Å². The Morgan fingerprint density at radius 3 is 2.73 bits per heavy atom. The lowest BCUT2D eigenvalue weighted by Crippen LogP contribution is -2.19. The van der Waals surface area contributed by atoms with Crippen LogP contribution in [0, 0.1) is 6.92 Å². The molecule has 0 saturated heterocycles. The summed E-state index contributed by atoms with van der Waals surface area (Å²) in [7, 11) is 1.61. The lowest BCUT2D eigenvalue weighted by molar-refractivity contribution is -0.153. The zero-order valence-corrected chi connectivity index (χ0v) is 14.9. The Morgan fingerprint density at radius 2 is 2.00 bits per heavy atom. The summed E-state index contributed by atoms with van der Waals surface area (Å²) in [5.41, 5.74) is 3.21. The molecule has 0 aliphatic rings. The second-order valence-corrected chi connectivity index (χ2v) is 6.42. The second kappa shape index (κ2) is 7.45. The molecule has 0 aliphatic carbocycles. The molecule has 2 heterocycles. The van der Waals surface area contributed by atoms with Crippen molar-refractivity contribution in [2.24, 2.45) is 0 Å². The van der Waals surface area contributed by atoms with E-state index in [0.717, 1.165) is 22.5 Å². The van der Waals surface area contributed by atoms with Crippen LogP contribution in [0.15, 0.2) is 36.8 Å². The van der Waals surface area contributed by atoms with Crippen LogP contribution in [0.2, 0.25) is 0 Å². The minimum Gasteiger partial charge on any atom is -0.496 e. The Balaban J connectivity index is 1.73. The Morgan fingerprint density at radius 1 is 1.19 bits per heavy atom. The van der Waals surface area contributed by atoms with Gasteiger partial charge in [-0.25, -0.2) is 4.98 Å². The summed E-state index contributed by atoms with van der Waals surface area (Å²) >= 11 is 1.48. The van der Waals surface area contributed by atoms with Crippen LogP contribution < -0.4 is 9.47 Å². The number of rotatable bonds is 6. The average molecular weight is 383 g/mol. The molecule has 0 unspecified atom stereocenters. The first-order valence-corrected chi connectivity index (χ1v) is 8.60. The molecular formula is C17H16F3N3O2S. The Hall–Kier alpha value is -2.42. The topological polar surface area (TPSA) is 49.2 Å². The van der Waals surface area contributed by atoms with Crippen LogP contribution in [0.1, 0.15) is 11.3 Å². The molecule has 0 fully saturated rings. The first-order chi connectivity index (χ1) is 12.4. The summed E-state index contributed by atoms with van der Waals surface area (Å²) in [5, 5.41) is 0. The number of imidazole rings is 1. The van der Waals surface area contributed by atoms with Gasteiger partial charge >= 0.3 is 6.18 Å². The molecule has 0 radical (unpaired) electrons. The molecule has 5 nitrogen and oxygen atoms in total. The molecule has 0 N–H and O–H groups in total. The SMILES string of the molecule is COc1ccnc(CSn2cnc3cc(OCC(F)(F)F)ccc32)c1C. The van der Waals surface area contributed by atoms with Crippen molar-refractivity contribution >= 4 is 23.0 Å². The first kappa shape index (κ1) is 18.4. The summed E-state index contributed by atoms with van der Waals surface area (Å²) in [4.78, 5) is 8.59. The Kier molecular flexibility index (Phi) is 5.26. The van der Waals surface area contributed by atoms with Gasteiger partial charge in [-0.3, -0.25) is 8.96 Å². The monoisotopic (exact) mass is 383 g/mol. The maximum Gasteiger partial charge on any atom is 0.422 e. The van der Waals surface area contributed by atoms with Crippen LogP contribution in [0.4, 0.5) is 13.2 Å². The zero-order valence-electron chi connectivity index (χ0n) is 14.1. The highest BCUT2D eigenvalue weighted by atomic mass is 32.2. The van der Waals surface area contributed by atoms with Gasteiger partial charge in [0.15, 0.2) is 6.61 Å². The third kappa shape index (κ3) is 4.21. The van der Waals surface area contributed by atoms with Crippen LogP contribution in [0.25, 0.3) is 11.0 Å². The molecular weight excluding hydrogens is 367 g/mol. The number of nitrogens with zero attached hydrogens (tertiary/aromatic N) is 3. The van der Waals surface area contributed by atoms with Gasteiger partial charge < -0.3 is 9.47 Å². The highest BCUT2D eigenvalue weighted by Crippen LogP contribution is 2.27. The molecule has 1 aromatic carbocycles. The number of methoxy groups -OCH3 is 1. The van der Waals surface area contributed by atoms with Crippen molar-refractivity contribution < 1.29 is 22.6 Å². The predicted octanol–water partition coefficient (Wildman–Crippen LogP) is 4.39. The van der Waals surface area contributed by atoms with E-state index in [2.05, 4.69) is 9.97 Å². The molecule has 0 amide bonds. The van der Waals surface area contributed by atoms with Crippen molar-refractivity contribution in [1.82, 2.24) is 13.9 Å². The molecule has 0 aliphatic heterocycles. The highest BCUT2D eigenvalue weighted by molar-refractivity contribution is 7.97. The fourth-order valence-electron chi connectivity index (χ4n) is 2.38. The fourth-order valence-corrected chi connectivity index (χ4v) is 3.34. The predicted molar refractivity (Wildman–Crippen MR) is 93.5 cm³/mol. The maximum absolute atomic E-state index is 12.2. The molecule has 26 heavy (non-hydrogen) atoms. The Bertz CT molecular complexity index is 912. The lowest BCUT2D eigenvalue weighted by Gasteiger charge is -2.10. The lowest BCUT2D eigenvalue weighted by atomic mass is 10.2. The van der Waals surface area contributed by atoms with Crippen LogP contribution in [-0.4, -0.2) is 33.8 Å².